The Bertz CT molecular complexity index is 1030. The number of alkyl halides is 3. The lowest BCUT2D eigenvalue weighted by Crippen LogP contribution is -2.33. The van der Waals surface area contributed by atoms with Gasteiger partial charge in [0, 0.05) is 18.7 Å². The number of nitrogens with one attached hydrogen (secondary N) is 2. The predicted octanol–water partition coefficient (Wildman–Crippen LogP) is 3.12. The van der Waals surface area contributed by atoms with Crippen LogP contribution in [0.3, 0.4) is 0 Å². The lowest BCUT2D eigenvalue weighted by Gasteiger charge is -2.19. The first-order valence-corrected chi connectivity index (χ1v) is 10.9. The fraction of sp³-hybridized carbons (Fsp3) is 0.400. The molecule has 1 aliphatic heterocycles. The summed E-state index contributed by atoms with van der Waals surface area (Å²) < 4.78 is 38.0. The molecule has 32 heavy (non-hydrogen) atoms. The maximum Gasteiger partial charge on any atom is 0.416 e. The summed E-state index contributed by atoms with van der Waals surface area (Å²) in [6.45, 7) is 1.42. The normalized spacial score (nSPS) is 14.7. The second-order valence-electron chi connectivity index (χ2n) is 7.24. The number of aromatic nitrogens is 2. The molecule has 2 heterocycles. The molecule has 0 radical (unpaired) electrons. The minimum absolute atomic E-state index is 0.0576. The van der Waals surface area contributed by atoms with Crippen LogP contribution in [-0.4, -0.2) is 45.5 Å². The van der Waals surface area contributed by atoms with Gasteiger partial charge in [-0.2, -0.15) is 13.2 Å². The number of nitrogens with zero attached hydrogens (tertiary/aromatic N) is 2. The molecule has 0 atom stereocenters. The Morgan fingerprint density at radius 1 is 1.12 bits per heavy atom. The topological polar surface area (TPSA) is 121 Å². The molecule has 1 saturated heterocycles. The summed E-state index contributed by atoms with van der Waals surface area (Å²) in [6, 6.07) is 3.52. The Hall–Kier alpha value is -3.02. The van der Waals surface area contributed by atoms with E-state index < -0.39 is 23.2 Å². The molecule has 0 bridgehead atoms. The number of nitrogens with two attached hydrogens (primary N) is 1. The van der Waals surface area contributed by atoms with Gasteiger partial charge in [-0.1, -0.05) is 24.6 Å². The van der Waals surface area contributed by atoms with Crippen molar-refractivity contribution in [2.24, 2.45) is 0 Å². The van der Waals surface area contributed by atoms with Crippen LogP contribution in [0.2, 0.25) is 0 Å². The van der Waals surface area contributed by atoms with Gasteiger partial charge in [0.2, 0.25) is 5.91 Å². The van der Waals surface area contributed by atoms with Crippen LogP contribution in [0.5, 0.6) is 0 Å². The van der Waals surface area contributed by atoms with E-state index in [1.54, 1.807) is 4.90 Å². The fourth-order valence-corrected chi connectivity index (χ4v) is 3.97. The van der Waals surface area contributed by atoms with E-state index in [1.165, 1.54) is 0 Å². The highest BCUT2D eigenvalue weighted by molar-refractivity contribution is 7.99. The number of halogens is 3. The molecule has 1 aliphatic rings. The zero-order valence-corrected chi connectivity index (χ0v) is 17.8. The molecular formula is C20H22F3N5O3S. The molecule has 0 spiro atoms. The van der Waals surface area contributed by atoms with Crippen LogP contribution in [0.25, 0.3) is 0 Å². The number of hydrogen-bond donors (Lipinski definition) is 3. The van der Waals surface area contributed by atoms with Gasteiger partial charge in [-0.15, -0.1) is 0 Å². The Labute approximate surface area is 185 Å². The van der Waals surface area contributed by atoms with E-state index >= 15 is 0 Å². The summed E-state index contributed by atoms with van der Waals surface area (Å²) in [5.41, 5.74) is 3.76. The van der Waals surface area contributed by atoms with E-state index in [0.29, 0.717) is 13.1 Å². The molecule has 2 amide bonds. The molecule has 1 aromatic carbocycles. The number of carbonyl (C=O) groups excluding carboxylic acids is 2. The van der Waals surface area contributed by atoms with Crippen molar-refractivity contribution in [2.75, 3.05) is 29.9 Å². The number of thioether (sulfide) groups is 1. The van der Waals surface area contributed by atoms with Crippen molar-refractivity contribution in [3.05, 3.63) is 45.7 Å². The average molecular weight is 469 g/mol. The summed E-state index contributed by atoms with van der Waals surface area (Å²) in [5.74, 6) is -1.05. The van der Waals surface area contributed by atoms with Crippen LogP contribution in [-0.2, 0) is 11.0 Å². The third-order valence-corrected chi connectivity index (χ3v) is 5.79. The number of nitrogen functional groups attached to an aromatic ring is 1. The quantitative estimate of drug-likeness (QED) is 0.457. The van der Waals surface area contributed by atoms with Gasteiger partial charge in [0.05, 0.1) is 11.3 Å². The highest BCUT2D eigenvalue weighted by Gasteiger charge is 2.30. The summed E-state index contributed by atoms with van der Waals surface area (Å²) in [5, 5.41) is 2.40. The van der Waals surface area contributed by atoms with Crippen molar-refractivity contribution in [1.29, 1.82) is 0 Å². The Morgan fingerprint density at radius 3 is 2.31 bits per heavy atom. The van der Waals surface area contributed by atoms with Gasteiger partial charge in [-0.25, -0.2) is 4.98 Å². The molecule has 2 aromatic rings. The lowest BCUT2D eigenvalue weighted by molar-refractivity contribution is -0.137. The molecule has 8 nitrogen and oxygen atoms in total. The highest BCUT2D eigenvalue weighted by Crippen LogP contribution is 2.29. The van der Waals surface area contributed by atoms with Crippen LogP contribution < -0.4 is 16.6 Å². The molecule has 172 valence electrons. The van der Waals surface area contributed by atoms with Crippen LogP contribution in [0.1, 0.15) is 41.6 Å². The first-order valence-electron chi connectivity index (χ1n) is 9.94. The number of rotatable bonds is 5. The minimum atomic E-state index is -4.53. The number of benzene rings is 1. The number of H-pyrrole nitrogens is 1. The van der Waals surface area contributed by atoms with Crippen molar-refractivity contribution in [1.82, 2.24) is 14.9 Å². The van der Waals surface area contributed by atoms with E-state index in [1.807, 2.05) is 0 Å². The number of aromatic amines is 1. The summed E-state index contributed by atoms with van der Waals surface area (Å²) in [6.07, 6.45) is -0.399. The molecule has 1 fully saturated rings. The van der Waals surface area contributed by atoms with Crippen molar-refractivity contribution in [3.63, 3.8) is 0 Å². The third-order valence-electron chi connectivity index (χ3n) is 4.93. The van der Waals surface area contributed by atoms with Gasteiger partial charge in [0.15, 0.2) is 11.0 Å². The zero-order valence-electron chi connectivity index (χ0n) is 17.0. The number of hydrogen-bond acceptors (Lipinski definition) is 6. The van der Waals surface area contributed by atoms with Crippen LogP contribution in [0, 0.1) is 0 Å². The van der Waals surface area contributed by atoms with Crippen LogP contribution in [0.4, 0.5) is 24.7 Å². The standard InChI is InChI=1S/C20H22F3N5O3S/c21-20(22,23)13-7-5-12(6-8-13)17(30)25-15-16(24)26-19(27-18(15)31)32-11-14(29)28-9-3-1-2-4-10-28/h5-8H,1-4,9-11H2,(H,25,30)(H3,24,26,27,31). The summed E-state index contributed by atoms with van der Waals surface area (Å²) >= 11 is 1.03. The first-order chi connectivity index (χ1) is 15.1. The van der Waals surface area contributed by atoms with Crippen molar-refractivity contribution < 1.29 is 22.8 Å². The van der Waals surface area contributed by atoms with E-state index in [4.69, 9.17) is 5.73 Å². The molecule has 0 unspecified atom stereocenters. The van der Waals surface area contributed by atoms with Gasteiger partial charge in [0.25, 0.3) is 11.5 Å². The van der Waals surface area contributed by atoms with E-state index in [0.717, 1.165) is 61.7 Å². The van der Waals surface area contributed by atoms with E-state index in [-0.39, 0.29) is 33.9 Å². The summed E-state index contributed by atoms with van der Waals surface area (Å²) in [4.78, 5) is 45.3. The fourth-order valence-electron chi connectivity index (χ4n) is 3.20. The monoisotopic (exact) mass is 469 g/mol. The minimum Gasteiger partial charge on any atom is -0.382 e. The molecule has 12 heteroatoms. The zero-order chi connectivity index (χ0) is 23.3. The smallest absolute Gasteiger partial charge is 0.382 e. The Balaban J connectivity index is 1.64. The second-order valence-corrected chi connectivity index (χ2v) is 8.21. The maximum atomic E-state index is 12.7. The Morgan fingerprint density at radius 2 is 1.75 bits per heavy atom. The SMILES string of the molecule is Nc1nc(SCC(=O)N2CCCCCC2)[nH]c(=O)c1NC(=O)c1ccc(C(F)(F)F)cc1. The molecule has 0 saturated carbocycles. The summed E-state index contributed by atoms with van der Waals surface area (Å²) in [7, 11) is 0. The van der Waals surface area contributed by atoms with Crippen molar-refractivity contribution in [3.8, 4) is 0 Å². The number of amides is 2. The molecule has 1 aromatic heterocycles. The largest absolute Gasteiger partial charge is 0.416 e. The van der Waals surface area contributed by atoms with Gasteiger partial charge >= 0.3 is 6.18 Å². The van der Waals surface area contributed by atoms with Gasteiger partial charge in [-0.05, 0) is 37.1 Å². The van der Waals surface area contributed by atoms with E-state index in [9.17, 15) is 27.6 Å². The molecular weight excluding hydrogens is 447 g/mol. The van der Waals surface area contributed by atoms with Gasteiger partial charge < -0.3 is 16.0 Å². The third kappa shape index (κ3) is 6.02. The molecule has 3 rings (SSSR count). The highest BCUT2D eigenvalue weighted by atomic mass is 32.2. The first kappa shape index (κ1) is 23.6. The number of likely N-dealkylation sites (tertiary alicyclic amines) is 1. The van der Waals surface area contributed by atoms with Gasteiger partial charge in [-0.3, -0.25) is 19.4 Å². The Kier molecular flexibility index (Phi) is 7.44. The van der Waals surface area contributed by atoms with E-state index in [2.05, 4.69) is 15.3 Å². The average Bonchev–Trinajstić information content (AvgIpc) is 3.03. The maximum absolute atomic E-state index is 12.7. The van der Waals surface area contributed by atoms with Crippen molar-refractivity contribution >= 4 is 35.1 Å². The van der Waals surface area contributed by atoms with Crippen LogP contribution in [0.15, 0.2) is 34.2 Å². The number of anilines is 2. The lowest BCUT2D eigenvalue weighted by atomic mass is 10.1. The van der Waals surface area contributed by atoms with Crippen molar-refractivity contribution in [2.45, 2.75) is 37.0 Å². The predicted molar refractivity (Wildman–Crippen MR) is 114 cm³/mol. The molecule has 0 aliphatic carbocycles. The number of carbonyl (C=O) groups is 2. The molecule has 4 N–H and O–H groups in total. The van der Waals surface area contributed by atoms with Crippen LogP contribution >= 0.6 is 11.8 Å². The van der Waals surface area contributed by atoms with Gasteiger partial charge in [0.1, 0.15) is 5.69 Å². The second kappa shape index (κ2) is 10.1.